The number of aromatic nitrogens is 1. The van der Waals surface area contributed by atoms with Gasteiger partial charge in [0.1, 0.15) is 5.15 Å². The molecular formula is C18H25ClN2O3. The molecule has 2 rings (SSSR count). The first-order chi connectivity index (χ1) is 11.3. The fourth-order valence-corrected chi connectivity index (χ4v) is 3.63. The van der Waals surface area contributed by atoms with Gasteiger partial charge in [-0.25, -0.2) is 9.78 Å². The van der Waals surface area contributed by atoms with Crippen LogP contribution in [0.3, 0.4) is 0 Å². The van der Waals surface area contributed by atoms with Crippen LogP contribution in [0, 0.1) is 25.7 Å². The number of ether oxygens (including phenoxy) is 1. The maximum atomic E-state index is 12.2. The van der Waals surface area contributed by atoms with Gasteiger partial charge >= 0.3 is 5.97 Å². The van der Waals surface area contributed by atoms with E-state index in [1.165, 1.54) is 6.42 Å². The molecule has 1 fully saturated rings. The Kier molecular flexibility index (Phi) is 6.21. The van der Waals surface area contributed by atoms with Gasteiger partial charge in [0, 0.05) is 11.7 Å². The summed E-state index contributed by atoms with van der Waals surface area (Å²) in [6.45, 7) is 7.62. The van der Waals surface area contributed by atoms with E-state index < -0.39 is 5.97 Å². The van der Waals surface area contributed by atoms with Crippen molar-refractivity contribution in [2.75, 3.05) is 6.61 Å². The van der Waals surface area contributed by atoms with E-state index >= 15 is 0 Å². The number of aryl methyl sites for hydroxylation is 2. The van der Waals surface area contributed by atoms with Crippen LogP contribution in [-0.4, -0.2) is 29.5 Å². The zero-order valence-electron chi connectivity index (χ0n) is 14.7. The lowest BCUT2D eigenvalue weighted by atomic mass is 9.78. The van der Waals surface area contributed by atoms with Crippen molar-refractivity contribution in [3.05, 3.63) is 28.0 Å². The van der Waals surface area contributed by atoms with Gasteiger partial charge in [0.25, 0.3) is 5.91 Å². The van der Waals surface area contributed by atoms with Crippen LogP contribution in [0.4, 0.5) is 0 Å². The van der Waals surface area contributed by atoms with Crippen molar-refractivity contribution in [1.82, 2.24) is 10.3 Å². The molecule has 1 heterocycles. The Morgan fingerprint density at radius 3 is 2.71 bits per heavy atom. The van der Waals surface area contributed by atoms with Crippen molar-refractivity contribution in [2.24, 2.45) is 11.8 Å². The highest BCUT2D eigenvalue weighted by Gasteiger charge is 2.28. The van der Waals surface area contributed by atoms with Crippen molar-refractivity contribution in [1.29, 1.82) is 0 Å². The normalized spacial score (nSPS) is 23.6. The Morgan fingerprint density at radius 1 is 1.33 bits per heavy atom. The number of esters is 1. The summed E-state index contributed by atoms with van der Waals surface area (Å²) in [6, 6.07) is 1.90. The van der Waals surface area contributed by atoms with Gasteiger partial charge in [-0.05, 0) is 43.7 Å². The number of carbonyl (C=O) groups excluding carboxylic acids is 2. The number of hydrogen-bond acceptors (Lipinski definition) is 4. The van der Waals surface area contributed by atoms with E-state index in [4.69, 9.17) is 16.3 Å². The fourth-order valence-electron chi connectivity index (χ4n) is 3.27. The number of pyridine rings is 1. The molecule has 0 radical (unpaired) electrons. The summed E-state index contributed by atoms with van der Waals surface area (Å²) in [5.74, 6) is 0.122. The summed E-state index contributed by atoms with van der Waals surface area (Å²) in [6.07, 6.45) is 3.28. The van der Waals surface area contributed by atoms with E-state index in [1.54, 1.807) is 19.9 Å². The highest BCUT2D eigenvalue weighted by molar-refractivity contribution is 6.32. The zero-order valence-corrected chi connectivity index (χ0v) is 15.4. The third kappa shape index (κ3) is 4.47. The van der Waals surface area contributed by atoms with E-state index in [-0.39, 0.29) is 29.3 Å². The molecule has 0 spiro atoms. The smallest absolute Gasteiger partial charge is 0.342 e. The fraction of sp³-hybridized carbons (Fsp3) is 0.611. The van der Waals surface area contributed by atoms with E-state index in [0.717, 1.165) is 18.5 Å². The summed E-state index contributed by atoms with van der Waals surface area (Å²) in [4.78, 5) is 28.3. The van der Waals surface area contributed by atoms with Gasteiger partial charge in [0.2, 0.25) is 0 Å². The molecule has 1 aliphatic rings. The Morgan fingerprint density at radius 2 is 2.04 bits per heavy atom. The van der Waals surface area contributed by atoms with Crippen LogP contribution < -0.4 is 5.32 Å². The van der Waals surface area contributed by atoms with Gasteiger partial charge in [-0.1, -0.05) is 38.3 Å². The standard InChI is InChI=1S/C18H25ClN2O3/c1-10-6-5-7-14(13(10)4)21-15(22)9-24-18(23)16-11(2)8-12(3)20-17(16)19/h8,10,13-14H,5-7,9H2,1-4H3,(H,21,22)/t10-,13+,14+/m0/s1. The van der Waals surface area contributed by atoms with Crippen LogP contribution in [-0.2, 0) is 9.53 Å². The van der Waals surface area contributed by atoms with E-state index in [9.17, 15) is 9.59 Å². The molecule has 0 aliphatic heterocycles. The summed E-state index contributed by atoms with van der Waals surface area (Å²) < 4.78 is 5.12. The number of nitrogens with one attached hydrogen (secondary N) is 1. The first kappa shape index (κ1) is 18.7. The van der Waals surface area contributed by atoms with Crippen LogP contribution in [0.15, 0.2) is 6.07 Å². The third-order valence-electron chi connectivity index (χ3n) is 4.89. The average Bonchev–Trinajstić information content (AvgIpc) is 2.49. The molecule has 0 bridgehead atoms. The molecule has 132 valence electrons. The molecule has 1 aromatic rings. The maximum Gasteiger partial charge on any atom is 0.342 e. The lowest BCUT2D eigenvalue weighted by molar-refractivity contribution is -0.125. The van der Waals surface area contributed by atoms with Gasteiger partial charge in [0.15, 0.2) is 6.61 Å². The number of amides is 1. The number of halogens is 1. The molecule has 1 aromatic heterocycles. The molecule has 1 saturated carbocycles. The highest BCUT2D eigenvalue weighted by atomic mass is 35.5. The molecule has 1 amide bonds. The SMILES string of the molecule is Cc1cc(C)c(C(=O)OCC(=O)N[C@@H]2CCC[C@H](C)[C@H]2C)c(Cl)n1. The van der Waals surface area contributed by atoms with Crippen molar-refractivity contribution in [2.45, 2.75) is 53.0 Å². The topological polar surface area (TPSA) is 68.3 Å². The second-order valence-corrected chi connectivity index (χ2v) is 7.12. The van der Waals surface area contributed by atoms with Crippen molar-refractivity contribution < 1.29 is 14.3 Å². The second kappa shape index (κ2) is 7.97. The molecule has 24 heavy (non-hydrogen) atoms. The molecule has 1 N–H and O–H groups in total. The first-order valence-electron chi connectivity index (χ1n) is 8.39. The minimum Gasteiger partial charge on any atom is -0.452 e. The molecular weight excluding hydrogens is 328 g/mol. The lowest BCUT2D eigenvalue weighted by Crippen LogP contribution is -2.45. The molecule has 0 aromatic carbocycles. The van der Waals surface area contributed by atoms with Crippen LogP contribution in [0.25, 0.3) is 0 Å². The average molecular weight is 353 g/mol. The van der Waals surface area contributed by atoms with Crippen LogP contribution >= 0.6 is 11.6 Å². The number of hydrogen-bond donors (Lipinski definition) is 1. The molecule has 6 heteroatoms. The van der Waals surface area contributed by atoms with E-state index in [0.29, 0.717) is 17.4 Å². The van der Waals surface area contributed by atoms with Crippen LogP contribution in [0.5, 0.6) is 0 Å². The Labute approximate surface area is 148 Å². The van der Waals surface area contributed by atoms with Crippen LogP contribution in [0.1, 0.15) is 54.7 Å². The summed E-state index contributed by atoms with van der Waals surface area (Å²) >= 11 is 6.02. The summed E-state index contributed by atoms with van der Waals surface area (Å²) in [5.41, 5.74) is 1.63. The van der Waals surface area contributed by atoms with Crippen molar-refractivity contribution in [3.8, 4) is 0 Å². The minimum atomic E-state index is -0.620. The van der Waals surface area contributed by atoms with Gasteiger partial charge < -0.3 is 10.1 Å². The first-order valence-corrected chi connectivity index (χ1v) is 8.77. The number of carbonyl (C=O) groups is 2. The van der Waals surface area contributed by atoms with E-state index in [2.05, 4.69) is 24.1 Å². The Balaban J connectivity index is 1.91. The third-order valence-corrected chi connectivity index (χ3v) is 5.17. The number of nitrogens with zero attached hydrogens (tertiary/aromatic N) is 1. The predicted molar refractivity (Wildman–Crippen MR) is 93.1 cm³/mol. The highest BCUT2D eigenvalue weighted by Crippen LogP contribution is 2.29. The monoisotopic (exact) mass is 352 g/mol. The molecule has 5 nitrogen and oxygen atoms in total. The largest absolute Gasteiger partial charge is 0.452 e. The summed E-state index contributed by atoms with van der Waals surface area (Å²) in [7, 11) is 0. The predicted octanol–water partition coefficient (Wildman–Crippen LogP) is 3.45. The molecule has 0 unspecified atom stereocenters. The van der Waals surface area contributed by atoms with Gasteiger partial charge in [-0.2, -0.15) is 0 Å². The second-order valence-electron chi connectivity index (χ2n) is 6.76. The summed E-state index contributed by atoms with van der Waals surface area (Å²) in [5, 5.41) is 3.08. The van der Waals surface area contributed by atoms with Crippen LogP contribution in [0.2, 0.25) is 5.15 Å². The van der Waals surface area contributed by atoms with Gasteiger partial charge in [-0.15, -0.1) is 0 Å². The Bertz CT molecular complexity index is 610. The molecule has 3 atom stereocenters. The zero-order chi connectivity index (χ0) is 17.9. The quantitative estimate of drug-likeness (QED) is 0.665. The number of rotatable bonds is 4. The van der Waals surface area contributed by atoms with Gasteiger partial charge in [0.05, 0.1) is 5.56 Å². The Hall–Kier alpha value is -1.62. The van der Waals surface area contributed by atoms with Gasteiger partial charge in [-0.3, -0.25) is 4.79 Å². The lowest BCUT2D eigenvalue weighted by Gasteiger charge is -2.34. The minimum absolute atomic E-state index is 0.104. The molecule has 1 aliphatic carbocycles. The van der Waals surface area contributed by atoms with Crippen molar-refractivity contribution in [3.63, 3.8) is 0 Å². The van der Waals surface area contributed by atoms with Crippen molar-refractivity contribution >= 4 is 23.5 Å². The maximum absolute atomic E-state index is 12.2. The van der Waals surface area contributed by atoms with E-state index in [1.807, 2.05) is 0 Å². The molecule has 0 saturated heterocycles.